The van der Waals surface area contributed by atoms with Crippen molar-refractivity contribution in [2.24, 2.45) is 0 Å². The summed E-state index contributed by atoms with van der Waals surface area (Å²) in [4.78, 5) is 14.8. The van der Waals surface area contributed by atoms with Crippen LogP contribution in [-0.4, -0.2) is 4.98 Å². The van der Waals surface area contributed by atoms with Crippen LogP contribution in [-0.2, 0) is 13.1 Å². The highest BCUT2D eigenvalue weighted by molar-refractivity contribution is 5.78. The fourth-order valence-corrected chi connectivity index (χ4v) is 2.06. The fraction of sp³-hybridized carbons (Fsp3) is 0.133. The first-order chi connectivity index (χ1) is 9.33. The van der Waals surface area contributed by atoms with Crippen LogP contribution in [0.2, 0.25) is 0 Å². The van der Waals surface area contributed by atoms with Gasteiger partial charge >= 0.3 is 0 Å². The predicted molar refractivity (Wildman–Crippen MR) is 73.8 cm³/mol. The third-order valence-electron chi connectivity index (χ3n) is 3.03. The van der Waals surface area contributed by atoms with Gasteiger partial charge in [0.15, 0.2) is 0 Å². The highest BCUT2D eigenvalue weighted by Gasteiger charge is 2.02. The minimum absolute atomic E-state index is 0.0503. The Morgan fingerprint density at radius 2 is 2.00 bits per heavy atom. The number of H-pyrrole nitrogens is 1. The first kappa shape index (κ1) is 11.7. The van der Waals surface area contributed by atoms with Gasteiger partial charge in [-0.1, -0.05) is 18.2 Å². The number of aromatic nitrogens is 1. The average molecular weight is 254 g/mol. The van der Waals surface area contributed by atoms with Crippen molar-refractivity contribution in [2.45, 2.75) is 13.1 Å². The lowest BCUT2D eigenvalue weighted by Gasteiger charge is -2.04. The van der Waals surface area contributed by atoms with Crippen LogP contribution in [0.4, 0.5) is 0 Å². The monoisotopic (exact) mass is 254 g/mol. The molecule has 4 heteroatoms. The summed E-state index contributed by atoms with van der Waals surface area (Å²) in [6.07, 6.45) is 1.64. The lowest BCUT2D eigenvalue weighted by molar-refractivity contribution is 0.482. The largest absolute Gasteiger partial charge is 0.468 e. The van der Waals surface area contributed by atoms with Crippen molar-refractivity contribution < 1.29 is 4.42 Å². The van der Waals surface area contributed by atoms with E-state index in [0.717, 1.165) is 22.2 Å². The van der Waals surface area contributed by atoms with Gasteiger partial charge in [-0.2, -0.15) is 0 Å². The normalized spacial score (nSPS) is 10.9. The van der Waals surface area contributed by atoms with Crippen molar-refractivity contribution in [3.05, 3.63) is 70.4 Å². The molecule has 2 N–H and O–H groups in total. The van der Waals surface area contributed by atoms with Crippen LogP contribution in [0.15, 0.2) is 57.9 Å². The minimum Gasteiger partial charge on any atom is -0.468 e. The Balaban J connectivity index is 1.77. The molecule has 0 aliphatic carbocycles. The van der Waals surface area contributed by atoms with Crippen LogP contribution in [0.3, 0.4) is 0 Å². The molecule has 3 aromatic rings. The SMILES string of the molecule is O=c1[nH]c2ccccc2cc1CNCc1ccco1. The average Bonchev–Trinajstić information content (AvgIpc) is 2.92. The molecule has 0 amide bonds. The maximum absolute atomic E-state index is 11.9. The fourth-order valence-electron chi connectivity index (χ4n) is 2.06. The van der Waals surface area contributed by atoms with E-state index in [9.17, 15) is 4.79 Å². The number of para-hydroxylation sites is 1. The van der Waals surface area contributed by atoms with Gasteiger partial charge in [0.2, 0.25) is 0 Å². The second-order valence-electron chi connectivity index (χ2n) is 4.39. The highest BCUT2D eigenvalue weighted by atomic mass is 16.3. The van der Waals surface area contributed by atoms with Crippen molar-refractivity contribution in [3.63, 3.8) is 0 Å². The van der Waals surface area contributed by atoms with Gasteiger partial charge in [-0.15, -0.1) is 0 Å². The van der Waals surface area contributed by atoms with Gasteiger partial charge in [0.25, 0.3) is 5.56 Å². The van der Waals surface area contributed by atoms with E-state index in [1.165, 1.54) is 0 Å². The third kappa shape index (κ3) is 2.58. The molecule has 0 aliphatic rings. The molecule has 0 aliphatic heterocycles. The molecule has 0 unspecified atom stereocenters. The highest BCUT2D eigenvalue weighted by Crippen LogP contribution is 2.10. The summed E-state index contributed by atoms with van der Waals surface area (Å²) in [7, 11) is 0. The molecule has 1 aromatic carbocycles. The number of furan rings is 1. The summed E-state index contributed by atoms with van der Waals surface area (Å²) >= 11 is 0. The van der Waals surface area contributed by atoms with Crippen molar-refractivity contribution in [1.82, 2.24) is 10.3 Å². The number of pyridine rings is 1. The van der Waals surface area contributed by atoms with Gasteiger partial charge in [0, 0.05) is 17.6 Å². The number of benzene rings is 1. The van der Waals surface area contributed by atoms with E-state index < -0.39 is 0 Å². The van der Waals surface area contributed by atoms with Gasteiger partial charge in [0.05, 0.1) is 12.8 Å². The molecule has 0 radical (unpaired) electrons. The topological polar surface area (TPSA) is 58.0 Å². The Bertz CT molecular complexity index is 729. The summed E-state index contributed by atoms with van der Waals surface area (Å²) in [6.45, 7) is 1.13. The summed E-state index contributed by atoms with van der Waals surface area (Å²) in [5.41, 5.74) is 1.54. The molecule has 0 saturated carbocycles. The smallest absolute Gasteiger partial charge is 0.252 e. The van der Waals surface area contributed by atoms with E-state index in [1.54, 1.807) is 6.26 Å². The van der Waals surface area contributed by atoms with E-state index in [-0.39, 0.29) is 5.56 Å². The van der Waals surface area contributed by atoms with E-state index in [0.29, 0.717) is 13.1 Å². The Kier molecular flexibility index (Phi) is 3.16. The Labute approximate surface area is 110 Å². The quantitative estimate of drug-likeness (QED) is 0.751. The molecule has 0 spiro atoms. The van der Waals surface area contributed by atoms with E-state index in [2.05, 4.69) is 10.3 Å². The Morgan fingerprint density at radius 3 is 2.84 bits per heavy atom. The zero-order valence-corrected chi connectivity index (χ0v) is 10.3. The van der Waals surface area contributed by atoms with Gasteiger partial charge in [0.1, 0.15) is 5.76 Å². The molecule has 0 saturated heterocycles. The predicted octanol–water partition coefficient (Wildman–Crippen LogP) is 2.41. The third-order valence-corrected chi connectivity index (χ3v) is 3.03. The van der Waals surface area contributed by atoms with Crippen LogP contribution in [0.1, 0.15) is 11.3 Å². The number of nitrogens with one attached hydrogen (secondary N) is 2. The molecule has 96 valence electrons. The number of hydrogen-bond donors (Lipinski definition) is 2. The van der Waals surface area contributed by atoms with E-state index in [1.807, 2.05) is 42.5 Å². The molecule has 3 rings (SSSR count). The first-order valence-electron chi connectivity index (χ1n) is 6.17. The van der Waals surface area contributed by atoms with Crippen LogP contribution in [0.5, 0.6) is 0 Å². The van der Waals surface area contributed by atoms with Gasteiger partial charge in [-0.25, -0.2) is 0 Å². The number of fused-ring (bicyclic) bond motifs is 1. The Hall–Kier alpha value is -2.33. The molecule has 4 nitrogen and oxygen atoms in total. The van der Waals surface area contributed by atoms with Gasteiger partial charge < -0.3 is 14.7 Å². The van der Waals surface area contributed by atoms with Crippen LogP contribution in [0, 0.1) is 0 Å². The lowest BCUT2D eigenvalue weighted by atomic mass is 10.1. The molecule has 0 fully saturated rings. The molecule has 2 heterocycles. The molecule has 0 atom stereocenters. The zero-order valence-electron chi connectivity index (χ0n) is 10.3. The van der Waals surface area contributed by atoms with Gasteiger partial charge in [-0.3, -0.25) is 4.79 Å². The first-order valence-corrected chi connectivity index (χ1v) is 6.17. The summed E-state index contributed by atoms with van der Waals surface area (Å²) in [6, 6.07) is 13.4. The molecule has 2 aromatic heterocycles. The second-order valence-corrected chi connectivity index (χ2v) is 4.39. The van der Waals surface area contributed by atoms with Crippen molar-refractivity contribution >= 4 is 10.9 Å². The van der Waals surface area contributed by atoms with Crippen LogP contribution < -0.4 is 10.9 Å². The second kappa shape index (κ2) is 5.12. The van der Waals surface area contributed by atoms with E-state index >= 15 is 0 Å². The van der Waals surface area contributed by atoms with Crippen LogP contribution in [0.25, 0.3) is 10.9 Å². The van der Waals surface area contributed by atoms with E-state index in [4.69, 9.17) is 4.42 Å². The molecule has 19 heavy (non-hydrogen) atoms. The number of rotatable bonds is 4. The van der Waals surface area contributed by atoms with Crippen molar-refractivity contribution in [2.75, 3.05) is 0 Å². The molecule has 0 bridgehead atoms. The Morgan fingerprint density at radius 1 is 1.11 bits per heavy atom. The minimum atomic E-state index is -0.0503. The lowest BCUT2D eigenvalue weighted by Crippen LogP contribution is -2.20. The molecular formula is C15H14N2O2. The maximum Gasteiger partial charge on any atom is 0.252 e. The van der Waals surface area contributed by atoms with Crippen LogP contribution >= 0.6 is 0 Å². The summed E-state index contributed by atoms with van der Waals surface area (Å²) in [5, 5.41) is 4.23. The molecular weight excluding hydrogens is 240 g/mol. The number of aromatic amines is 1. The van der Waals surface area contributed by atoms with Crippen molar-refractivity contribution in [3.8, 4) is 0 Å². The number of hydrogen-bond acceptors (Lipinski definition) is 3. The summed E-state index contributed by atoms with van der Waals surface area (Å²) in [5.74, 6) is 0.859. The zero-order chi connectivity index (χ0) is 13.1. The maximum atomic E-state index is 11.9. The van der Waals surface area contributed by atoms with Gasteiger partial charge in [-0.05, 0) is 29.7 Å². The standard InChI is InChI=1S/C15H14N2O2/c18-15-12(9-16-10-13-5-3-7-19-13)8-11-4-1-2-6-14(11)17-15/h1-8,16H,9-10H2,(H,17,18). The summed E-state index contributed by atoms with van der Waals surface area (Å²) < 4.78 is 5.22. The van der Waals surface area contributed by atoms with Crippen molar-refractivity contribution in [1.29, 1.82) is 0 Å².